The van der Waals surface area contributed by atoms with Crippen LogP contribution in [0, 0.1) is 0 Å². The number of rotatable bonds is 3. The quantitative estimate of drug-likeness (QED) is 0.909. The Morgan fingerprint density at radius 1 is 1.09 bits per heavy atom. The van der Waals surface area contributed by atoms with Crippen LogP contribution in [0.15, 0.2) is 42.7 Å². The van der Waals surface area contributed by atoms with E-state index in [0.29, 0.717) is 16.3 Å². The Hall–Kier alpha value is -2.07. The molecule has 1 aliphatic rings. The minimum absolute atomic E-state index is 0.170. The second-order valence-corrected chi connectivity index (χ2v) is 6.23. The van der Waals surface area contributed by atoms with Crippen LogP contribution >= 0.6 is 11.6 Å². The first-order valence-corrected chi connectivity index (χ1v) is 8.37. The molecule has 0 spiro atoms. The summed E-state index contributed by atoms with van der Waals surface area (Å²) in [5.74, 6) is -0.170. The summed E-state index contributed by atoms with van der Waals surface area (Å²) in [5, 5.41) is 3.46. The van der Waals surface area contributed by atoms with E-state index in [1.54, 1.807) is 18.3 Å². The number of hydrogen-bond donors (Lipinski definition) is 1. The average Bonchev–Trinajstić information content (AvgIpc) is 2.84. The number of hydrogen-bond acceptors (Lipinski definition) is 3. The number of carbonyl (C=O) groups excluding carboxylic acids is 1. The van der Waals surface area contributed by atoms with Crippen molar-refractivity contribution in [2.24, 2.45) is 0 Å². The third kappa shape index (κ3) is 4.23. The molecule has 1 N–H and O–H groups in total. The van der Waals surface area contributed by atoms with Crippen LogP contribution in [0.25, 0.3) is 0 Å². The predicted octanol–water partition coefficient (Wildman–Crippen LogP) is 4.37. The molecule has 23 heavy (non-hydrogen) atoms. The van der Waals surface area contributed by atoms with Gasteiger partial charge in [-0.05, 0) is 37.1 Å². The smallest absolute Gasteiger partial charge is 0.257 e. The first kappa shape index (κ1) is 15.8. The summed E-state index contributed by atoms with van der Waals surface area (Å²) in [6.07, 6.45) is 8.37. The van der Waals surface area contributed by atoms with Gasteiger partial charge >= 0.3 is 0 Å². The van der Waals surface area contributed by atoms with Crippen molar-refractivity contribution in [3.8, 4) is 0 Å². The van der Waals surface area contributed by atoms with E-state index in [1.807, 2.05) is 24.4 Å². The van der Waals surface area contributed by atoms with Gasteiger partial charge in [-0.15, -0.1) is 0 Å². The zero-order valence-corrected chi connectivity index (χ0v) is 13.7. The molecule has 1 saturated heterocycles. The number of pyridine rings is 1. The van der Waals surface area contributed by atoms with Gasteiger partial charge in [0.15, 0.2) is 0 Å². The summed E-state index contributed by atoms with van der Waals surface area (Å²) < 4.78 is 0. The lowest BCUT2D eigenvalue weighted by Gasteiger charge is -2.22. The molecule has 1 aromatic carbocycles. The minimum Gasteiger partial charge on any atom is -0.370 e. The SMILES string of the molecule is O=C(Nc1cccc(Cl)c1)c1cncc(N2CCCCCC2)c1. The van der Waals surface area contributed by atoms with Crippen LogP contribution in [0.3, 0.4) is 0 Å². The molecule has 0 radical (unpaired) electrons. The van der Waals surface area contributed by atoms with E-state index in [2.05, 4.69) is 15.2 Å². The standard InChI is InChI=1S/C18H20ClN3O/c19-15-6-5-7-16(11-15)21-18(23)14-10-17(13-20-12-14)22-8-3-1-2-4-9-22/h5-7,10-13H,1-4,8-9H2,(H,21,23). The Labute approximate surface area is 141 Å². The van der Waals surface area contributed by atoms with Crippen molar-refractivity contribution in [1.82, 2.24) is 4.98 Å². The zero-order chi connectivity index (χ0) is 16.1. The van der Waals surface area contributed by atoms with Crippen molar-refractivity contribution in [3.05, 3.63) is 53.3 Å². The molecule has 2 aromatic rings. The highest BCUT2D eigenvalue weighted by Gasteiger charge is 2.13. The molecule has 0 bridgehead atoms. The highest BCUT2D eigenvalue weighted by molar-refractivity contribution is 6.30. The molecule has 0 atom stereocenters. The van der Waals surface area contributed by atoms with Crippen LogP contribution in [0.5, 0.6) is 0 Å². The highest BCUT2D eigenvalue weighted by atomic mass is 35.5. The fourth-order valence-electron chi connectivity index (χ4n) is 2.82. The van der Waals surface area contributed by atoms with Gasteiger partial charge in [0.1, 0.15) is 0 Å². The van der Waals surface area contributed by atoms with Crippen molar-refractivity contribution in [1.29, 1.82) is 0 Å². The second-order valence-electron chi connectivity index (χ2n) is 5.80. The van der Waals surface area contributed by atoms with Crippen LogP contribution in [0.1, 0.15) is 36.0 Å². The summed E-state index contributed by atoms with van der Waals surface area (Å²) >= 11 is 5.95. The third-order valence-corrected chi connectivity index (χ3v) is 4.27. The van der Waals surface area contributed by atoms with Crippen LogP contribution in [0.4, 0.5) is 11.4 Å². The van der Waals surface area contributed by atoms with Crippen molar-refractivity contribution in [3.63, 3.8) is 0 Å². The van der Waals surface area contributed by atoms with Crippen LogP contribution < -0.4 is 10.2 Å². The number of carbonyl (C=O) groups is 1. The molecule has 1 aliphatic heterocycles. The number of nitrogens with zero attached hydrogens (tertiary/aromatic N) is 2. The van der Waals surface area contributed by atoms with Gasteiger partial charge in [-0.25, -0.2) is 0 Å². The Morgan fingerprint density at radius 2 is 1.87 bits per heavy atom. The number of amides is 1. The van der Waals surface area contributed by atoms with Gasteiger partial charge < -0.3 is 10.2 Å². The fourth-order valence-corrected chi connectivity index (χ4v) is 3.01. The summed E-state index contributed by atoms with van der Waals surface area (Å²) in [6.45, 7) is 2.06. The highest BCUT2D eigenvalue weighted by Crippen LogP contribution is 2.21. The summed E-state index contributed by atoms with van der Waals surface area (Å²) in [5.41, 5.74) is 2.26. The van der Waals surface area contributed by atoms with E-state index < -0.39 is 0 Å². The Bertz CT molecular complexity index is 681. The van der Waals surface area contributed by atoms with Crippen molar-refractivity contribution < 1.29 is 4.79 Å². The minimum atomic E-state index is -0.170. The van der Waals surface area contributed by atoms with E-state index in [-0.39, 0.29) is 5.91 Å². The molecule has 1 aromatic heterocycles. The lowest BCUT2D eigenvalue weighted by atomic mass is 10.2. The first-order chi connectivity index (χ1) is 11.2. The molecule has 120 valence electrons. The Balaban J connectivity index is 1.74. The number of aromatic nitrogens is 1. The largest absolute Gasteiger partial charge is 0.370 e. The van der Waals surface area contributed by atoms with Crippen molar-refractivity contribution in [2.45, 2.75) is 25.7 Å². The van der Waals surface area contributed by atoms with Crippen molar-refractivity contribution >= 4 is 28.9 Å². The monoisotopic (exact) mass is 329 g/mol. The topological polar surface area (TPSA) is 45.2 Å². The molecule has 4 nitrogen and oxygen atoms in total. The maximum absolute atomic E-state index is 12.4. The number of nitrogens with one attached hydrogen (secondary N) is 1. The zero-order valence-electron chi connectivity index (χ0n) is 13.0. The molecule has 5 heteroatoms. The normalized spacial score (nSPS) is 15.1. The van der Waals surface area contributed by atoms with Crippen LogP contribution in [-0.2, 0) is 0 Å². The maximum atomic E-state index is 12.4. The van der Waals surface area contributed by atoms with E-state index in [4.69, 9.17) is 11.6 Å². The van der Waals surface area contributed by atoms with E-state index >= 15 is 0 Å². The molecule has 0 aliphatic carbocycles. The number of halogens is 1. The van der Waals surface area contributed by atoms with Crippen LogP contribution in [0.2, 0.25) is 5.02 Å². The van der Waals surface area contributed by atoms with Gasteiger partial charge in [-0.2, -0.15) is 0 Å². The van der Waals surface area contributed by atoms with Crippen molar-refractivity contribution in [2.75, 3.05) is 23.3 Å². The fraction of sp³-hybridized carbons (Fsp3) is 0.333. The lowest BCUT2D eigenvalue weighted by molar-refractivity contribution is 0.102. The lowest BCUT2D eigenvalue weighted by Crippen LogP contribution is -2.24. The molecule has 0 unspecified atom stereocenters. The third-order valence-electron chi connectivity index (χ3n) is 4.04. The molecule has 3 rings (SSSR count). The van der Waals surface area contributed by atoms with Crippen LogP contribution in [-0.4, -0.2) is 24.0 Å². The van der Waals surface area contributed by atoms with Gasteiger partial charge in [0.25, 0.3) is 5.91 Å². The molecule has 1 amide bonds. The van der Waals surface area contributed by atoms with Gasteiger partial charge in [-0.1, -0.05) is 30.5 Å². The molecular weight excluding hydrogens is 310 g/mol. The van der Waals surface area contributed by atoms with Gasteiger partial charge in [0.05, 0.1) is 17.4 Å². The Morgan fingerprint density at radius 3 is 2.61 bits per heavy atom. The summed E-state index contributed by atoms with van der Waals surface area (Å²) in [7, 11) is 0. The summed E-state index contributed by atoms with van der Waals surface area (Å²) in [4.78, 5) is 19.0. The van der Waals surface area contributed by atoms with Gasteiger partial charge in [-0.3, -0.25) is 9.78 Å². The maximum Gasteiger partial charge on any atom is 0.257 e. The number of anilines is 2. The molecule has 2 heterocycles. The van der Waals surface area contributed by atoms with Gasteiger partial charge in [0, 0.05) is 30.0 Å². The average molecular weight is 330 g/mol. The number of benzene rings is 1. The van der Waals surface area contributed by atoms with Gasteiger partial charge in [0.2, 0.25) is 0 Å². The molecule has 1 fully saturated rings. The first-order valence-electron chi connectivity index (χ1n) is 7.99. The second kappa shape index (κ2) is 7.47. The predicted molar refractivity (Wildman–Crippen MR) is 94.3 cm³/mol. The molecule has 0 saturated carbocycles. The van der Waals surface area contributed by atoms with E-state index in [1.165, 1.54) is 25.7 Å². The Kier molecular flexibility index (Phi) is 5.13. The van der Waals surface area contributed by atoms with E-state index in [9.17, 15) is 4.79 Å². The summed E-state index contributed by atoms with van der Waals surface area (Å²) in [6, 6.07) is 9.04. The van der Waals surface area contributed by atoms with E-state index in [0.717, 1.165) is 18.8 Å². The molecular formula is C18H20ClN3O.